The smallest absolute Gasteiger partial charge is 0.224 e. The number of carbonyl (C=O) groups is 1. The van der Waals surface area contributed by atoms with Crippen molar-refractivity contribution in [1.29, 1.82) is 0 Å². The molecule has 7 heteroatoms. The third-order valence-corrected chi connectivity index (χ3v) is 6.64. The fourth-order valence-electron chi connectivity index (χ4n) is 4.67. The van der Waals surface area contributed by atoms with Crippen LogP contribution in [-0.4, -0.2) is 53.1 Å². The second-order valence-electron chi connectivity index (χ2n) is 9.01. The van der Waals surface area contributed by atoms with Crippen LogP contribution in [0.1, 0.15) is 50.4 Å². The summed E-state index contributed by atoms with van der Waals surface area (Å²) in [6.45, 7) is 5.62. The van der Waals surface area contributed by atoms with E-state index >= 15 is 0 Å². The van der Waals surface area contributed by atoms with Crippen molar-refractivity contribution in [3.63, 3.8) is 0 Å². The second kappa shape index (κ2) is 11.0. The molecule has 32 heavy (non-hydrogen) atoms. The van der Waals surface area contributed by atoms with Crippen LogP contribution in [0.25, 0.3) is 11.1 Å². The minimum atomic E-state index is -0.518. The zero-order valence-corrected chi connectivity index (χ0v) is 18.9. The minimum absolute atomic E-state index is 0.0396. The lowest BCUT2D eigenvalue weighted by atomic mass is 9.84. The first-order valence-corrected chi connectivity index (χ1v) is 11.8. The number of nitrogens with zero attached hydrogens (tertiary/aromatic N) is 3. The van der Waals surface area contributed by atoms with Crippen molar-refractivity contribution in [1.82, 2.24) is 20.2 Å². The molecule has 2 heterocycles. The van der Waals surface area contributed by atoms with Crippen LogP contribution in [0.4, 0.5) is 4.39 Å². The third-order valence-electron chi connectivity index (χ3n) is 6.64. The molecule has 2 fully saturated rings. The molecule has 0 radical (unpaired) electrons. The van der Waals surface area contributed by atoms with E-state index in [1.165, 1.54) is 32.1 Å². The van der Waals surface area contributed by atoms with E-state index in [4.69, 9.17) is 4.74 Å². The predicted octanol–water partition coefficient (Wildman–Crippen LogP) is 3.74. The van der Waals surface area contributed by atoms with Gasteiger partial charge in [0.2, 0.25) is 11.9 Å². The number of carbonyl (C=O) groups excluding carboxylic acids is 1. The van der Waals surface area contributed by atoms with Gasteiger partial charge in [0.1, 0.15) is 5.82 Å². The van der Waals surface area contributed by atoms with Crippen molar-refractivity contribution < 1.29 is 13.9 Å². The largest absolute Gasteiger partial charge is 0.379 e. The molecule has 4 rings (SSSR count). The molecule has 1 saturated carbocycles. The van der Waals surface area contributed by atoms with Crippen LogP contribution < -0.4 is 5.32 Å². The van der Waals surface area contributed by atoms with E-state index in [1.807, 2.05) is 24.3 Å². The van der Waals surface area contributed by atoms with E-state index in [-0.39, 0.29) is 11.9 Å². The van der Waals surface area contributed by atoms with Crippen LogP contribution in [0, 0.1) is 11.9 Å². The van der Waals surface area contributed by atoms with Crippen molar-refractivity contribution in [2.75, 3.05) is 26.3 Å². The average Bonchev–Trinajstić information content (AvgIpc) is 2.81. The molecule has 0 spiro atoms. The van der Waals surface area contributed by atoms with Crippen molar-refractivity contribution >= 4 is 5.91 Å². The highest BCUT2D eigenvalue weighted by Crippen LogP contribution is 2.26. The number of ether oxygens (including phenoxy) is 1. The lowest BCUT2D eigenvalue weighted by Crippen LogP contribution is -2.39. The Labute approximate surface area is 189 Å². The van der Waals surface area contributed by atoms with Gasteiger partial charge in [-0.2, -0.15) is 4.39 Å². The first-order chi connectivity index (χ1) is 15.6. The zero-order valence-electron chi connectivity index (χ0n) is 18.9. The molecule has 2 aromatic rings. The molecule has 0 unspecified atom stereocenters. The number of morpholine rings is 1. The molecule has 1 aliphatic heterocycles. The Morgan fingerprint density at radius 1 is 1.19 bits per heavy atom. The van der Waals surface area contributed by atoms with Gasteiger partial charge in [-0.25, -0.2) is 9.97 Å². The first kappa shape index (κ1) is 22.8. The van der Waals surface area contributed by atoms with E-state index in [0.717, 1.165) is 18.7 Å². The normalized spacial score (nSPS) is 18.9. The maximum absolute atomic E-state index is 14.7. The summed E-state index contributed by atoms with van der Waals surface area (Å²) in [5.41, 5.74) is 1.99. The molecule has 1 N–H and O–H groups in total. The van der Waals surface area contributed by atoms with Crippen molar-refractivity contribution in [2.45, 2.75) is 58.0 Å². The molecule has 1 aromatic heterocycles. The number of halogens is 1. The number of amides is 1. The third kappa shape index (κ3) is 6.11. The van der Waals surface area contributed by atoms with Gasteiger partial charge < -0.3 is 10.1 Å². The summed E-state index contributed by atoms with van der Waals surface area (Å²) < 4.78 is 20.0. The number of benzene rings is 1. The Balaban J connectivity index is 1.33. The van der Waals surface area contributed by atoms with Crippen LogP contribution in [0.15, 0.2) is 30.5 Å². The van der Waals surface area contributed by atoms with E-state index < -0.39 is 5.95 Å². The average molecular weight is 441 g/mol. The van der Waals surface area contributed by atoms with E-state index in [0.29, 0.717) is 49.0 Å². The van der Waals surface area contributed by atoms with Gasteiger partial charge in [0.25, 0.3) is 0 Å². The van der Waals surface area contributed by atoms with Gasteiger partial charge in [-0.1, -0.05) is 43.5 Å². The fraction of sp³-hybridized carbons (Fsp3) is 0.560. The predicted molar refractivity (Wildman–Crippen MR) is 121 cm³/mol. The van der Waals surface area contributed by atoms with Crippen LogP contribution in [0.2, 0.25) is 0 Å². The maximum Gasteiger partial charge on any atom is 0.224 e. The van der Waals surface area contributed by atoms with E-state index in [1.54, 1.807) is 6.20 Å². The van der Waals surface area contributed by atoms with Gasteiger partial charge in [-0.05, 0) is 36.8 Å². The summed E-state index contributed by atoms with van der Waals surface area (Å²) in [5.74, 6) is 0.589. The van der Waals surface area contributed by atoms with Crippen LogP contribution in [0.5, 0.6) is 0 Å². The second-order valence-corrected chi connectivity index (χ2v) is 9.01. The Morgan fingerprint density at radius 2 is 1.91 bits per heavy atom. The Bertz CT molecular complexity index is 893. The molecule has 6 nitrogen and oxygen atoms in total. The Hall–Kier alpha value is -2.38. The molecule has 2 aliphatic rings. The molecular weight excluding hydrogens is 407 g/mol. The van der Waals surface area contributed by atoms with Gasteiger partial charge in [0.15, 0.2) is 0 Å². The van der Waals surface area contributed by atoms with E-state index in [2.05, 4.69) is 27.1 Å². The minimum Gasteiger partial charge on any atom is -0.379 e. The molecule has 1 aliphatic carbocycles. The lowest BCUT2D eigenvalue weighted by molar-refractivity contribution is -0.121. The molecule has 0 bridgehead atoms. The highest BCUT2D eigenvalue weighted by Gasteiger charge is 2.21. The number of nitrogens with one attached hydrogen (secondary N) is 1. The monoisotopic (exact) mass is 440 g/mol. The molecule has 1 atom stereocenters. The topological polar surface area (TPSA) is 67.4 Å². The summed E-state index contributed by atoms with van der Waals surface area (Å²) in [6.07, 6.45) is 8.12. The SMILES string of the molecule is C[C@H](NC(=O)Cc1ccc(-c2cnc(CN3CCOCC3)nc2F)cc1)C1CCCCC1. The van der Waals surface area contributed by atoms with Crippen LogP contribution >= 0.6 is 0 Å². The van der Waals surface area contributed by atoms with Crippen molar-refractivity contribution in [3.8, 4) is 11.1 Å². The Morgan fingerprint density at radius 3 is 2.59 bits per heavy atom. The van der Waals surface area contributed by atoms with Gasteiger partial charge in [-0.15, -0.1) is 0 Å². The summed E-state index contributed by atoms with van der Waals surface area (Å²) in [7, 11) is 0. The van der Waals surface area contributed by atoms with Crippen molar-refractivity contribution in [2.24, 2.45) is 5.92 Å². The highest BCUT2D eigenvalue weighted by molar-refractivity contribution is 5.79. The molecule has 1 saturated heterocycles. The summed E-state index contributed by atoms with van der Waals surface area (Å²) >= 11 is 0. The van der Waals surface area contributed by atoms with Gasteiger partial charge in [0, 0.05) is 25.3 Å². The Kier molecular flexibility index (Phi) is 7.81. The van der Waals surface area contributed by atoms with Gasteiger partial charge in [-0.3, -0.25) is 9.69 Å². The molecule has 1 aromatic carbocycles. The quantitative estimate of drug-likeness (QED) is 0.665. The molecule has 172 valence electrons. The van der Waals surface area contributed by atoms with Gasteiger partial charge >= 0.3 is 0 Å². The van der Waals surface area contributed by atoms with Crippen LogP contribution in [-0.2, 0) is 22.5 Å². The number of aromatic nitrogens is 2. The lowest BCUT2D eigenvalue weighted by Gasteiger charge is -2.28. The fourth-order valence-corrected chi connectivity index (χ4v) is 4.67. The number of rotatable bonds is 7. The summed E-state index contributed by atoms with van der Waals surface area (Å²) in [4.78, 5) is 23.1. The first-order valence-electron chi connectivity index (χ1n) is 11.8. The van der Waals surface area contributed by atoms with Crippen molar-refractivity contribution in [3.05, 3.63) is 47.8 Å². The summed E-state index contributed by atoms with van der Waals surface area (Å²) in [5, 5.41) is 3.16. The van der Waals surface area contributed by atoms with Gasteiger partial charge in [0.05, 0.1) is 31.7 Å². The molecular formula is C25H33FN4O2. The number of hydrogen-bond donors (Lipinski definition) is 1. The highest BCUT2D eigenvalue weighted by atomic mass is 19.1. The molecule has 1 amide bonds. The van der Waals surface area contributed by atoms with Crippen LogP contribution in [0.3, 0.4) is 0 Å². The maximum atomic E-state index is 14.7. The zero-order chi connectivity index (χ0) is 22.3. The van der Waals surface area contributed by atoms with E-state index in [9.17, 15) is 9.18 Å². The number of hydrogen-bond acceptors (Lipinski definition) is 5. The summed E-state index contributed by atoms with van der Waals surface area (Å²) in [6, 6.07) is 7.62. The standard InChI is InChI=1S/C25H33FN4O2/c1-18(20-5-3-2-4-6-20)28-24(31)15-19-7-9-21(10-8-19)22-16-27-23(29-25(22)26)17-30-11-13-32-14-12-30/h7-10,16,18,20H,2-6,11-15,17H2,1H3,(H,28,31)/t18-/m0/s1.